The van der Waals surface area contributed by atoms with Crippen molar-refractivity contribution in [1.29, 1.82) is 0 Å². The van der Waals surface area contributed by atoms with Crippen LogP contribution in [0.2, 0.25) is 0 Å². The van der Waals surface area contributed by atoms with Crippen LogP contribution in [0.25, 0.3) is 22.2 Å². The molecule has 0 aliphatic carbocycles. The summed E-state index contributed by atoms with van der Waals surface area (Å²) >= 11 is 0. The van der Waals surface area contributed by atoms with Gasteiger partial charge in [-0.2, -0.15) is 0 Å². The van der Waals surface area contributed by atoms with Crippen LogP contribution in [0, 0.1) is 0 Å². The highest BCUT2D eigenvalue weighted by Gasteiger charge is 2.15. The summed E-state index contributed by atoms with van der Waals surface area (Å²) in [6.07, 6.45) is 1.39. The van der Waals surface area contributed by atoms with Crippen LogP contribution in [0.3, 0.4) is 0 Å². The van der Waals surface area contributed by atoms with E-state index in [2.05, 4.69) is 32.3 Å². The maximum Gasteiger partial charge on any atom is 0.262 e. The van der Waals surface area contributed by atoms with Crippen molar-refractivity contribution in [2.24, 2.45) is 0 Å². The van der Waals surface area contributed by atoms with Crippen LogP contribution < -0.4 is 21.5 Å². The first-order chi connectivity index (χ1) is 15.2. The molecule has 4 N–H and O–H groups in total. The van der Waals surface area contributed by atoms with E-state index in [1.807, 2.05) is 36.4 Å². The first-order valence-corrected chi connectivity index (χ1v) is 10.1. The van der Waals surface area contributed by atoms with E-state index in [1.165, 1.54) is 6.33 Å². The fourth-order valence-corrected chi connectivity index (χ4v) is 3.76. The smallest absolute Gasteiger partial charge is 0.262 e. The number of nitrogens with one attached hydrogen (secondary N) is 2. The highest BCUT2D eigenvalue weighted by molar-refractivity contribution is 5.93. The normalized spacial score (nSPS) is 14.0. The Bertz CT molecular complexity index is 1280. The van der Waals surface area contributed by atoms with E-state index >= 15 is 0 Å². The number of hydrogen-bond donors (Lipinski definition) is 3. The number of aromatic amines is 1. The molecule has 4 aromatic rings. The number of nitrogens with two attached hydrogens (primary N) is 1. The molecule has 1 fully saturated rings. The van der Waals surface area contributed by atoms with E-state index in [1.54, 1.807) is 6.07 Å². The van der Waals surface area contributed by atoms with Crippen LogP contribution in [-0.4, -0.2) is 41.3 Å². The number of ether oxygens (including phenoxy) is 1. The molecule has 2 aromatic carbocycles. The van der Waals surface area contributed by atoms with Gasteiger partial charge in [0.05, 0.1) is 30.8 Å². The van der Waals surface area contributed by atoms with Gasteiger partial charge in [0, 0.05) is 35.7 Å². The maximum absolute atomic E-state index is 12.5. The highest BCUT2D eigenvalue weighted by atomic mass is 16.5. The van der Waals surface area contributed by atoms with Gasteiger partial charge >= 0.3 is 0 Å². The lowest BCUT2D eigenvalue weighted by Gasteiger charge is -2.28. The molecule has 31 heavy (non-hydrogen) atoms. The van der Waals surface area contributed by atoms with Crippen molar-refractivity contribution in [1.82, 2.24) is 15.0 Å². The van der Waals surface area contributed by atoms with Gasteiger partial charge in [-0.1, -0.05) is 18.2 Å². The van der Waals surface area contributed by atoms with Gasteiger partial charge in [-0.25, -0.2) is 9.97 Å². The van der Waals surface area contributed by atoms with E-state index in [-0.39, 0.29) is 5.56 Å². The van der Waals surface area contributed by atoms with Crippen LogP contribution in [0.4, 0.5) is 22.9 Å². The molecule has 0 amide bonds. The molecule has 1 saturated heterocycles. The minimum absolute atomic E-state index is 0.252. The molecule has 0 spiro atoms. The Hall–Kier alpha value is -3.91. The zero-order valence-corrected chi connectivity index (χ0v) is 16.8. The lowest BCUT2D eigenvalue weighted by atomic mass is 10.1. The highest BCUT2D eigenvalue weighted by Crippen LogP contribution is 2.30. The Labute approximate surface area is 178 Å². The summed E-state index contributed by atoms with van der Waals surface area (Å²) in [4.78, 5) is 26.5. The number of nitrogen functional groups attached to an aromatic ring is 1. The van der Waals surface area contributed by atoms with Gasteiger partial charge in [0.2, 0.25) is 0 Å². The minimum atomic E-state index is -0.252. The number of aromatic nitrogens is 3. The van der Waals surface area contributed by atoms with Gasteiger partial charge in [-0.3, -0.25) is 4.79 Å². The molecule has 1 aliphatic heterocycles. The third-order valence-electron chi connectivity index (χ3n) is 5.37. The van der Waals surface area contributed by atoms with Crippen LogP contribution >= 0.6 is 0 Å². The van der Waals surface area contributed by atoms with E-state index in [4.69, 9.17) is 15.5 Å². The van der Waals surface area contributed by atoms with Crippen molar-refractivity contribution in [2.75, 3.05) is 42.3 Å². The average Bonchev–Trinajstić information content (AvgIpc) is 2.80. The summed E-state index contributed by atoms with van der Waals surface area (Å²) in [6.45, 7) is 3.23. The van der Waals surface area contributed by atoms with Crippen LogP contribution in [-0.2, 0) is 4.74 Å². The fraction of sp³-hybridized carbons (Fsp3) is 0.174. The zero-order chi connectivity index (χ0) is 21.2. The van der Waals surface area contributed by atoms with Crippen LogP contribution in [0.1, 0.15) is 0 Å². The molecule has 3 heterocycles. The van der Waals surface area contributed by atoms with Gasteiger partial charge < -0.3 is 25.7 Å². The summed E-state index contributed by atoms with van der Waals surface area (Å²) in [6, 6.07) is 17.3. The van der Waals surface area contributed by atoms with E-state index in [9.17, 15) is 4.79 Å². The van der Waals surface area contributed by atoms with Crippen LogP contribution in [0.5, 0.6) is 0 Å². The van der Waals surface area contributed by atoms with Gasteiger partial charge in [0.25, 0.3) is 5.56 Å². The number of benzene rings is 2. The number of fused-ring (bicyclic) bond motifs is 1. The van der Waals surface area contributed by atoms with Gasteiger partial charge in [0.15, 0.2) is 0 Å². The van der Waals surface area contributed by atoms with Crippen molar-refractivity contribution >= 4 is 33.8 Å². The number of nitrogens with zero attached hydrogens (tertiary/aromatic N) is 3. The molecule has 2 aromatic heterocycles. The third kappa shape index (κ3) is 3.80. The summed E-state index contributed by atoms with van der Waals surface area (Å²) in [5, 5.41) is 3.69. The molecular formula is C23H22N6O2. The number of morpholine rings is 1. The standard InChI is InChI=1S/C23H22N6O2/c24-18-4-2-1-3-17(18)19-13-20-21(23(30)26-14-25-20)22(28-19)27-15-5-7-16(8-6-15)29-9-11-31-12-10-29/h1-8,13-14H,9-12,24H2,(H,27,28)(H,25,26,30). The van der Waals surface area contributed by atoms with Gasteiger partial charge in [-0.15, -0.1) is 0 Å². The Morgan fingerprint density at radius 3 is 2.61 bits per heavy atom. The zero-order valence-electron chi connectivity index (χ0n) is 16.8. The fourth-order valence-electron chi connectivity index (χ4n) is 3.76. The quantitative estimate of drug-likeness (QED) is 0.440. The average molecular weight is 414 g/mol. The number of anilines is 4. The van der Waals surface area contributed by atoms with Crippen molar-refractivity contribution in [3.8, 4) is 11.3 Å². The van der Waals surface area contributed by atoms with E-state index in [0.717, 1.165) is 43.2 Å². The number of para-hydroxylation sites is 1. The molecule has 0 saturated carbocycles. The molecule has 0 radical (unpaired) electrons. The molecule has 0 unspecified atom stereocenters. The first-order valence-electron chi connectivity index (χ1n) is 10.1. The molecule has 5 rings (SSSR count). The van der Waals surface area contributed by atoms with Gasteiger partial charge in [-0.05, 0) is 36.4 Å². The Morgan fingerprint density at radius 2 is 1.84 bits per heavy atom. The summed E-state index contributed by atoms with van der Waals surface area (Å²) in [7, 11) is 0. The third-order valence-corrected chi connectivity index (χ3v) is 5.37. The number of H-pyrrole nitrogens is 1. The minimum Gasteiger partial charge on any atom is -0.398 e. The Morgan fingerprint density at radius 1 is 1.06 bits per heavy atom. The van der Waals surface area contributed by atoms with E-state index < -0.39 is 0 Å². The van der Waals surface area contributed by atoms with Gasteiger partial charge in [0.1, 0.15) is 11.2 Å². The number of rotatable bonds is 4. The SMILES string of the molecule is Nc1ccccc1-c1cc2nc[nH]c(=O)c2c(Nc2ccc(N3CCOCC3)cc2)n1. The molecule has 8 nitrogen and oxygen atoms in total. The lowest BCUT2D eigenvalue weighted by molar-refractivity contribution is 0.122. The molecule has 1 aliphatic rings. The largest absolute Gasteiger partial charge is 0.398 e. The predicted molar refractivity (Wildman–Crippen MR) is 123 cm³/mol. The monoisotopic (exact) mass is 414 g/mol. The number of hydrogen-bond acceptors (Lipinski definition) is 7. The Kier molecular flexibility index (Phi) is 4.97. The first kappa shape index (κ1) is 19.1. The molecular weight excluding hydrogens is 392 g/mol. The van der Waals surface area contributed by atoms with Crippen molar-refractivity contribution in [3.63, 3.8) is 0 Å². The number of pyridine rings is 1. The Balaban J connectivity index is 1.54. The summed E-state index contributed by atoms with van der Waals surface area (Å²) < 4.78 is 5.42. The van der Waals surface area contributed by atoms with Crippen molar-refractivity contribution < 1.29 is 4.74 Å². The summed E-state index contributed by atoms with van der Waals surface area (Å²) in [5.74, 6) is 0.434. The molecule has 8 heteroatoms. The van der Waals surface area contributed by atoms with Crippen LogP contribution in [0.15, 0.2) is 65.7 Å². The molecule has 156 valence electrons. The summed E-state index contributed by atoms with van der Waals surface area (Å²) in [5.41, 5.74) is 10.5. The van der Waals surface area contributed by atoms with E-state index in [0.29, 0.717) is 28.1 Å². The molecule has 0 atom stereocenters. The lowest BCUT2D eigenvalue weighted by Crippen LogP contribution is -2.36. The second kappa shape index (κ2) is 8.08. The molecule has 0 bridgehead atoms. The maximum atomic E-state index is 12.5. The van der Waals surface area contributed by atoms with Crippen molar-refractivity contribution in [2.45, 2.75) is 0 Å². The topological polar surface area (TPSA) is 109 Å². The second-order valence-corrected chi connectivity index (χ2v) is 7.34. The predicted octanol–water partition coefficient (Wildman–Crippen LogP) is 3.15. The van der Waals surface area contributed by atoms with Crippen molar-refractivity contribution in [3.05, 3.63) is 71.3 Å². The second-order valence-electron chi connectivity index (χ2n) is 7.34.